The van der Waals surface area contributed by atoms with E-state index in [1.54, 1.807) is 7.11 Å². The molecule has 0 unspecified atom stereocenters. The van der Waals surface area contributed by atoms with E-state index in [-0.39, 0.29) is 12.5 Å². The molecule has 1 fully saturated rings. The van der Waals surface area contributed by atoms with Crippen molar-refractivity contribution in [2.75, 3.05) is 20.2 Å². The van der Waals surface area contributed by atoms with Crippen molar-refractivity contribution >= 4 is 11.6 Å². The van der Waals surface area contributed by atoms with Gasteiger partial charge in [0.1, 0.15) is 12.3 Å². The normalized spacial score (nSPS) is 19.7. The van der Waals surface area contributed by atoms with Gasteiger partial charge >= 0.3 is 0 Å². The fourth-order valence-corrected chi connectivity index (χ4v) is 3.66. The SMILES string of the molecule is COc1cccc(C2=NCC(=O)N3CCC4=C(C)C=CC=C(C4)C3=C2)c1. The first-order valence-electron chi connectivity index (χ1n) is 8.93. The van der Waals surface area contributed by atoms with Crippen LogP contribution in [0.3, 0.4) is 0 Å². The number of allylic oxidation sites excluding steroid dienone is 6. The molecule has 2 aliphatic heterocycles. The van der Waals surface area contributed by atoms with E-state index in [1.807, 2.05) is 29.2 Å². The van der Waals surface area contributed by atoms with Crippen molar-refractivity contribution in [3.63, 3.8) is 0 Å². The van der Waals surface area contributed by atoms with Crippen molar-refractivity contribution in [3.8, 4) is 5.75 Å². The third-order valence-corrected chi connectivity index (χ3v) is 5.19. The van der Waals surface area contributed by atoms with Gasteiger partial charge < -0.3 is 9.64 Å². The summed E-state index contributed by atoms with van der Waals surface area (Å²) in [6.07, 6.45) is 10.2. The number of aliphatic imine (C=N–C) groups is 1. The molecule has 1 aliphatic carbocycles. The zero-order chi connectivity index (χ0) is 18.1. The summed E-state index contributed by atoms with van der Waals surface area (Å²) < 4.78 is 5.34. The number of ether oxygens (including phenoxy) is 1. The standard InChI is InChI=1S/C22H22N2O2/c1-15-5-3-7-18-11-16(15)9-10-24-21(18)13-20(23-14-22(24)25)17-6-4-8-19(12-17)26-2/h3-8,12-13H,9-11,14H2,1-2H3. The van der Waals surface area contributed by atoms with Gasteiger partial charge in [-0.25, -0.2) is 0 Å². The summed E-state index contributed by atoms with van der Waals surface area (Å²) in [5, 5.41) is 0. The van der Waals surface area contributed by atoms with E-state index >= 15 is 0 Å². The first-order valence-corrected chi connectivity index (χ1v) is 8.93. The lowest BCUT2D eigenvalue weighted by atomic mass is 9.98. The Morgan fingerprint density at radius 2 is 2.15 bits per heavy atom. The van der Waals surface area contributed by atoms with Crippen LogP contribution in [0.5, 0.6) is 5.75 Å². The lowest BCUT2D eigenvalue weighted by molar-refractivity contribution is -0.127. The average Bonchev–Trinajstić information content (AvgIpc) is 3.03. The monoisotopic (exact) mass is 346 g/mol. The van der Waals surface area contributed by atoms with Crippen molar-refractivity contribution in [2.24, 2.45) is 4.99 Å². The van der Waals surface area contributed by atoms with Crippen molar-refractivity contribution in [1.82, 2.24) is 4.90 Å². The molecule has 0 aromatic heterocycles. The number of benzene rings is 1. The maximum Gasteiger partial charge on any atom is 0.248 e. The first kappa shape index (κ1) is 16.6. The van der Waals surface area contributed by atoms with Crippen LogP contribution in [0.2, 0.25) is 0 Å². The van der Waals surface area contributed by atoms with Crippen LogP contribution in [0, 0.1) is 0 Å². The van der Waals surface area contributed by atoms with Crippen molar-refractivity contribution < 1.29 is 9.53 Å². The molecule has 4 rings (SSSR count). The second-order valence-corrected chi connectivity index (χ2v) is 6.77. The summed E-state index contributed by atoms with van der Waals surface area (Å²) in [5.41, 5.74) is 6.66. The fraction of sp³-hybridized carbons (Fsp3) is 0.273. The van der Waals surface area contributed by atoms with Crippen LogP contribution in [0.1, 0.15) is 25.3 Å². The predicted octanol–water partition coefficient (Wildman–Crippen LogP) is 3.82. The van der Waals surface area contributed by atoms with Gasteiger partial charge in [-0.3, -0.25) is 9.79 Å². The molecule has 1 saturated heterocycles. The van der Waals surface area contributed by atoms with Crippen LogP contribution in [0.4, 0.5) is 0 Å². The van der Waals surface area contributed by atoms with Gasteiger partial charge in [0, 0.05) is 17.8 Å². The molecule has 3 aliphatic rings. The number of hydrogen-bond acceptors (Lipinski definition) is 3. The lowest BCUT2D eigenvalue weighted by Crippen LogP contribution is -2.32. The minimum absolute atomic E-state index is 0.0588. The van der Waals surface area contributed by atoms with Crippen LogP contribution in [-0.2, 0) is 4.79 Å². The molecule has 0 radical (unpaired) electrons. The Bertz CT molecular complexity index is 916. The topological polar surface area (TPSA) is 41.9 Å². The van der Waals surface area contributed by atoms with Gasteiger partial charge in [0.05, 0.1) is 12.8 Å². The zero-order valence-electron chi connectivity index (χ0n) is 15.2. The molecule has 1 aromatic rings. The Kier molecular flexibility index (Phi) is 4.33. The molecule has 26 heavy (non-hydrogen) atoms. The Hall–Kier alpha value is -2.88. The molecule has 0 N–H and O–H groups in total. The van der Waals surface area contributed by atoms with Gasteiger partial charge in [0.2, 0.25) is 5.91 Å². The van der Waals surface area contributed by atoms with E-state index in [0.29, 0.717) is 6.54 Å². The molecule has 2 bridgehead atoms. The molecule has 1 amide bonds. The molecule has 4 nitrogen and oxygen atoms in total. The molecule has 4 heteroatoms. The van der Waals surface area contributed by atoms with E-state index in [0.717, 1.165) is 35.6 Å². The maximum absolute atomic E-state index is 12.7. The molecule has 0 spiro atoms. The highest BCUT2D eigenvalue weighted by Crippen LogP contribution is 2.34. The Labute approximate surface area is 153 Å². The largest absolute Gasteiger partial charge is 0.497 e. The van der Waals surface area contributed by atoms with Gasteiger partial charge in [-0.05, 0) is 43.5 Å². The minimum atomic E-state index is 0.0588. The quantitative estimate of drug-likeness (QED) is 0.817. The average molecular weight is 346 g/mol. The number of nitrogens with zero attached hydrogens (tertiary/aromatic N) is 2. The highest BCUT2D eigenvalue weighted by atomic mass is 16.5. The van der Waals surface area contributed by atoms with Crippen molar-refractivity contribution in [2.45, 2.75) is 19.8 Å². The molecular formula is C22H22N2O2. The molecule has 132 valence electrons. The van der Waals surface area contributed by atoms with Gasteiger partial charge in [-0.15, -0.1) is 0 Å². The molecule has 1 aromatic carbocycles. The Balaban J connectivity index is 1.81. The van der Waals surface area contributed by atoms with E-state index in [4.69, 9.17) is 4.74 Å². The summed E-state index contributed by atoms with van der Waals surface area (Å²) >= 11 is 0. The molecule has 0 saturated carbocycles. The third-order valence-electron chi connectivity index (χ3n) is 5.19. The van der Waals surface area contributed by atoms with Gasteiger partial charge in [0.25, 0.3) is 0 Å². The second kappa shape index (κ2) is 6.79. The number of amides is 1. The van der Waals surface area contributed by atoms with Crippen molar-refractivity contribution in [3.05, 3.63) is 76.5 Å². The Morgan fingerprint density at radius 1 is 1.27 bits per heavy atom. The van der Waals surface area contributed by atoms with Gasteiger partial charge in [0.15, 0.2) is 0 Å². The summed E-state index contributed by atoms with van der Waals surface area (Å²) in [6, 6.07) is 7.83. The summed E-state index contributed by atoms with van der Waals surface area (Å²) in [6.45, 7) is 3.04. The highest BCUT2D eigenvalue weighted by molar-refractivity contribution is 6.11. The first-order chi connectivity index (χ1) is 12.7. The van der Waals surface area contributed by atoms with Crippen LogP contribution in [0.25, 0.3) is 0 Å². The fourth-order valence-electron chi connectivity index (χ4n) is 3.66. The van der Waals surface area contributed by atoms with E-state index in [2.05, 4.69) is 36.2 Å². The summed E-state index contributed by atoms with van der Waals surface area (Å²) in [7, 11) is 1.65. The third kappa shape index (κ3) is 3.03. The second-order valence-electron chi connectivity index (χ2n) is 6.77. The zero-order valence-corrected chi connectivity index (χ0v) is 15.2. The van der Waals surface area contributed by atoms with Crippen LogP contribution in [-0.4, -0.2) is 36.7 Å². The van der Waals surface area contributed by atoms with E-state index in [9.17, 15) is 4.79 Å². The van der Waals surface area contributed by atoms with Crippen LogP contribution < -0.4 is 4.74 Å². The van der Waals surface area contributed by atoms with Gasteiger partial charge in [-0.2, -0.15) is 0 Å². The van der Waals surface area contributed by atoms with Crippen molar-refractivity contribution in [1.29, 1.82) is 0 Å². The molecule has 2 heterocycles. The maximum atomic E-state index is 12.7. The summed E-state index contributed by atoms with van der Waals surface area (Å²) in [4.78, 5) is 19.2. The lowest BCUT2D eigenvalue weighted by Gasteiger charge is -2.22. The molecule has 0 atom stereocenters. The smallest absolute Gasteiger partial charge is 0.248 e. The number of carbonyl (C=O) groups is 1. The number of carbonyl (C=O) groups excluding carboxylic acids is 1. The van der Waals surface area contributed by atoms with Crippen LogP contribution in [0.15, 0.2) is 76.0 Å². The molecular weight excluding hydrogens is 324 g/mol. The number of methoxy groups -OCH3 is 1. The number of fused-ring (bicyclic) bond motifs is 4. The van der Waals surface area contributed by atoms with Gasteiger partial charge in [-0.1, -0.05) is 41.5 Å². The predicted molar refractivity (Wildman–Crippen MR) is 103 cm³/mol. The number of rotatable bonds is 2. The summed E-state index contributed by atoms with van der Waals surface area (Å²) in [5.74, 6) is 0.845. The minimum Gasteiger partial charge on any atom is -0.497 e. The highest BCUT2D eigenvalue weighted by Gasteiger charge is 2.28. The van der Waals surface area contributed by atoms with E-state index < -0.39 is 0 Å². The van der Waals surface area contributed by atoms with E-state index in [1.165, 1.54) is 16.7 Å². The van der Waals surface area contributed by atoms with Crippen LogP contribution >= 0.6 is 0 Å². The Morgan fingerprint density at radius 3 is 3.00 bits per heavy atom. The number of hydrogen-bond donors (Lipinski definition) is 0.